The Kier molecular flexibility index (Phi) is 4.42. The maximum absolute atomic E-state index is 11.8. The molecule has 0 spiro atoms. The largest absolute Gasteiger partial charge is 0.358 e. The fourth-order valence-corrected chi connectivity index (χ4v) is 3.23. The number of carbonyl (C=O) groups excluding carboxylic acids is 1. The lowest BCUT2D eigenvalue weighted by molar-refractivity contribution is -0.117. The van der Waals surface area contributed by atoms with E-state index in [0.717, 1.165) is 50.0 Å². The number of halogens is 1. The summed E-state index contributed by atoms with van der Waals surface area (Å²) in [6, 6.07) is 0. The molecular formula is C11H17ClN4OS. The first kappa shape index (κ1) is 13.6. The van der Waals surface area contributed by atoms with Crippen molar-refractivity contribution in [1.82, 2.24) is 10.3 Å². The molecule has 0 bridgehead atoms. The average molecular weight is 289 g/mol. The predicted octanol–water partition coefficient (Wildman–Crippen LogP) is 1.10. The van der Waals surface area contributed by atoms with Crippen molar-refractivity contribution in [3.05, 3.63) is 5.51 Å². The van der Waals surface area contributed by atoms with E-state index in [-0.39, 0.29) is 18.3 Å². The summed E-state index contributed by atoms with van der Waals surface area (Å²) >= 11 is 1.64. The molecule has 0 saturated carbocycles. The van der Waals surface area contributed by atoms with E-state index in [0.29, 0.717) is 6.42 Å². The molecule has 0 unspecified atom stereocenters. The number of aromatic nitrogens is 1. The molecule has 18 heavy (non-hydrogen) atoms. The Morgan fingerprint density at radius 1 is 1.28 bits per heavy atom. The van der Waals surface area contributed by atoms with Gasteiger partial charge in [-0.3, -0.25) is 9.69 Å². The van der Waals surface area contributed by atoms with Crippen molar-refractivity contribution in [1.29, 1.82) is 0 Å². The van der Waals surface area contributed by atoms with Gasteiger partial charge in [0.25, 0.3) is 0 Å². The number of piperazine rings is 1. The van der Waals surface area contributed by atoms with Crippen LogP contribution in [0.3, 0.4) is 0 Å². The normalized spacial score (nSPS) is 20.1. The highest BCUT2D eigenvalue weighted by Crippen LogP contribution is 2.34. The summed E-state index contributed by atoms with van der Waals surface area (Å²) in [6.07, 6.45) is 1.62. The molecule has 0 aliphatic carbocycles. The van der Waals surface area contributed by atoms with Crippen LogP contribution in [0, 0.1) is 0 Å². The van der Waals surface area contributed by atoms with Gasteiger partial charge in [-0.1, -0.05) is 0 Å². The Labute approximate surface area is 117 Å². The quantitative estimate of drug-likeness (QED) is 0.885. The van der Waals surface area contributed by atoms with E-state index in [1.54, 1.807) is 11.3 Å². The molecular weight excluding hydrogens is 272 g/mol. The average Bonchev–Trinajstić information content (AvgIpc) is 2.98. The topological polar surface area (TPSA) is 48.5 Å². The van der Waals surface area contributed by atoms with Crippen molar-refractivity contribution >= 4 is 40.5 Å². The number of thiazole rings is 1. The minimum atomic E-state index is 0. The van der Waals surface area contributed by atoms with Crippen LogP contribution in [0.5, 0.6) is 0 Å². The molecule has 2 saturated heterocycles. The van der Waals surface area contributed by atoms with Gasteiger partial charge in [0.05, 0.1) is 5.51 Å². The second-order valence-corrected chi connectivity index (χ2v) is 5.20. The zero-order chi connectivity index (χ0) is 11.7. The Morgan fingerprint density at radius 3 is 2.72 bits per heavy atom. The van der Waals surface area contributed by atoms with Gasteiger partial charge in [0.1, 0.15) is 5.00 Å². The van der Waals surface area contributed by atoms with E-state index in [9.17, 15) is 4.79 Å². The van der Waals surface area contributed by atoms with Crippen molar-refractivity contribution < 1.29 is 4.79 Å². The van der Waals surface area contributed by atoms with Crippen molar-refractivity contribution in [2.45, 2.75) is 12.8 Å². The highest BCUT2D eigenvalue weighted by molar-refractivity contribution is 7.14. The molecule has 3 rings (SSSR count). The third-order valence-electron chi connectivity index (χ3n) is 3.26. The van der Waals surface area contributed by atoms with Crippen LogP contribution in [0.2, 0.25) is 0 Å². The number of amides is 1. The summed E-state index contributed by atoms with van der Waals surface area (Å²) in [5.41, 5.74) is 1.85. The first-order valence-electron chi connectivity index (χ1n) is 6.06. The SMILES string of the molecule is Cl.O=C1CCCN1c1ncsc1N1CCNCC1. The summed E-state index contributed by atoms with van der Waals surface area (Å²) in [5.74, 6) is 1.09. The maximum Gasteiger partial charge on any atom is 0.228 e. The number of hydrogen-bond acceptors (Lipinski definition) is 5. The Balaban J connectivity index is 0.00000120. The summed E-state index contributed by atoms with van der Waals surface area (Å²) in [5, 5.41) is 4.49. The van der Waals surface area contributed by atoms with E-state index in [4.69, 9.17) is 0 Å². The molecule has 2 aliphatic rings. The Morgan fingerprint density at radius 2 is 2.06 bits per heavy atom. The van der Waals surface area contributed by atoms with Crippen LogP contribution < -0.4 is 15.1 Å². The van der Waals surface area contributed by atoms with Crippen molar-refractivity contribution in [2.75, 3.05) is 42.5 Å². The Bertz CT molecular complexity index is 419. The van der Waals surface area contributed by atoms with Crippen LogP contribution in [0.15, 0.2) is 5.51 Å². The van der Waals surface area contributed by atoms with E-state index in [2.05, 4.69) is 15.2 Å². The van der Waals surface area contributed by atoms with Gasteiger partial charge < -0.3 is 10.2 Å². The van der Waals surface area contributed by atoms with Gasteiger partial charge in [-0.15, -0.1) is 23.7 Å². The predicted molar refractivity (Wildman–Crippen MR) is 76.0 cm³/mol. The number of rotatable bonds is 2. The Hall–Kier alpha value is -0.850. The zero-order valence-electron chi connectivity index (χ0n) is 10.1. The van der Waals surface area contributed by atoms with Crippen molar-refractivity contribution in [3.63, 3.8) is 0 Å². The monoisotopic (exact) mass is 288 g/mol. The van der Waals surface area contributed by atoms with Crippen LogP contribution in [-0.4, -0.2) is 43.6 Å². The molecule has 5 nitrogen and oxygen atoms in total. The van der Waals surface area contributed by atoms with Gasteiger partial charge in [-0.25, -0.2) is 4.98 Å². The van der Waals surface area contributed by atoms with Gasteiger partial charge in [0, 0.05) is 39.1 Å². The summed E-state index contributed by atoms with van der Waals surface area (Å²) in [7, 11) is 0. The number of nitrogens with zero attached hydrogens (tertiary/aromatic N) is 3. The third-order valence-corrected chi connectivity index (χ3v) is 4.14. The molecule has 0 radical (unpaired) electrons. The second-order valence-electron chi connectivity index (χ2n) is 4.37. The van der Waals surface area contributed by atoms with Crippen LogP contribution in [0.4, 0.5) is 10.8 Å². The fraction of sp³-hybridized carbons (Fsp3) is 0.636. The number of hydrogen-bond donors (Lipinski definition) is 1. The molecule has 0 atom stereocenters. The molecule has 2 aliphatic heterocycles. The lowest BCUT2D eigenvalue weighted by Crippen LogP contribution is -2.43. The first-order chi connectivity index (χ1) is 8.36. The van der Waals surface area contributed by atoms with Gasteiger partial charge in [0.15, 0.2) is 5.82 Å². The van der Waals surface area contributed by atoms with Gasteiger partial charge in [-0.05, 0) is 6.42 Å². The summed E-state index contributed by atoms with van der Waals surface area (Å²) in [4.78, 5) is 20.3. The number of carbonyl (C=O) groups is 1. The fourth-order valence-electron chi connectivity index (χ4n) is 2.38. The molecule has 1 amide bonds. The molecule has 1 aromatic heterocycles. The first-order valence-corrected chi connectivity index (χ1v) is 6.94. The number of anilines is 2. The summed E-state index contributed by atoms with van der Waals surface area (Å²) in [6.45, 7) is 4.83. The molecule has 1 aromatic rings. The molecule has 3 heterocycles. The molecule has 7 heteroatoms. The van der Waals surface area contributed by atoms with Crippen LogP contribution in [-0.2, 0) is 4.79 Å². The smallest absolute Gasteiger partial charge is 0.228 e. The molecule has 0 aromatic carbocycles. The van der Waals surface area contributed by atoms with Gasteiger partial charge >= 0.3 is 0 Å². The van der Waals surface area contributed by atoms with Crippen LogP contribution in [0.25, 0.3) is 0 Å². The minimum absolute atomic E-state index is 0. The molecule has 1 N–H and O–H groups in total. The second kappa shape index (κ2) is 5.86. The molecule has 100 valence electrons. The maximum atomic E-state index is 11.8. The lowest BCUT2D eigenvalue weighted by Gasteiger charge is -2.29. The van der Waals surface area contributed by atoms with Crippen LogP contribution in [0.1, 0.15) is 12.8 Å². The van der Waals surface area contributed by atoms with Crippen molar-refractivity contribution in [3.8, 4) is 0 Å². The van der Waals surface area contributed by atoms with E-state index >= 15 is 0 Å². The molecule has 2 fully saturated rings. The third kappa shape index (κ3) is 2.46. The van der Waals surface area contributed by atoms with Gasteiger partial charge in [-0.2, -0.15) is 0 Å². The minimum Gasteiger partial charge on any atom is -0.358 e. The standard InChI is InChI=1S/C11H16N4OS.ClH/c16-9-2-1-5-15(9)10-11(17-8-13-10)14-6-3-12-4-7-14;/h8,12H,1-7H2;1H. The van der Waals surface area contributed by atoms with Crippen molar-refractivity contribution in [2.24, 2.45) is 0 Å². The van der Waals surface area contributed by atoms with E-state index < -0.39 is 0 Å². The highest BCUT2D eigenvalue weighted by Gasteiger charge is 2.28. The summed E-state index contributed by atoms with van der Waals surface area (Å²) < 4.78 is 0. The highest BCUT2D eigenvalue weighted by atomic mass is 35.5. The lowest BCUT2D eigenvalue weighted by atomic mass is 10.3. The van der Waals surface area contributed by atoms with Gasteiger partial charge in [0.2, 0.25) is 5.91 Å². The van der Waals surface area contributed by atoms with Crippen LogP contribution >= 0.6 is 23.7 Å². The number of nitrogens with one attached hydrogen (secondary N) is 1. The zero-order valence-corrected chi connectivity index (χ0v) is 11.7. The van der Waals surface area contributed by atoms with E-state index in [1.165, 1.54) is 0 Å². The van der Waals surface area contributed by atoms with E-state index in [1.807, 2.05) is 10.4 Å².